The normalized spacial score (nSPS) is 19.4. The predicted molar refractivity (Wildman–Crippen MR) is 108 cm³/mol. The Hall–Kier alpha value is -1.84. The second kappa shape index (κ2) is 8.24. The van der Waals surface area contributed by atoms with Crippen LogP contribution in [0.1, 0.15) is 42.9 Å². The average molecular weight is 371 g/mol. The van der Waals surface area contributed by atoms with Crippen molar-refractivity contribution in [2.45, 2.75) is 37.1 Å². The fraction of sp³-hybridized carbons (Fsp3) is 0.409. The topological polar surface area (TPSA) is 32.3 Å². The zero-order valence-corrected chi connectivity index (χ0v) is 15.9. The number of likely N-dealkylation sites (tertiary alicyclic amines) is 1. The summed E-state index contributed by atoms with van der Waals surface area (Å²) in [7, 11) is 0. The molecule has 2 aliphatic rings. The summed E-state index contributed by atoms with van der Waals surface area (Å²) in [6.07, 6.45) is 4.44. The Morgan fingerprint density at radius 3 is 2.12 bits per heavy atom. The number of hydrogen-bond acceptors (Lipinski definition) is 2. The molecule has 1 atom stereocenters. The first-order valence-electron chi connectivity index (χ1n) is 9.42. The number of carbonyl (C=O) groups is 1. The number of nitrogens with one attached hydrogen (secondary N) is 1. The fourth-order valence-electron chi connectivity index (χ4n) is 3.97. The van der Waals surface area contributed by atoms with Crippen LogP contribution in [0, 0.1) is 0 Å². The summed E-state index contributed by atoms with van der Waals surface area (Å²) in [5.41, 5.74) is 2.05. The molecule has 1 heterocycles. The van der Waals surface area contributed by atoms with Gasteiger partial charge in [-0.1, -0.05) is 60.7 Å². The van der Waals surface area contributed by atoms with E-state index in [1.54, 1.807) is 0 Å². The van der Waals surface area contributed by atoms with Gasteiger partial charge in [0.15, 0.2) is 0 Å². The highest BCUT2D eigenvalue weighted by Crippen LogP contribution is 2.48. The van der Waals surface area contributed by atoms with Gasteiger partial charge in [0.25, 0.3) is 0 Å². The van der Waals surface area contributed by atoms with Gasteiger partial charge < -0.3 is 10.2 Å². The Balaban J connectivity index is 0.00000196. The monoisotopic (exact) mass is 370 g/mol. The Morgan fingerprint density at radius 2 is 1.54 bits per heavy atom. The fourth-order valence-corrected chi connectivity index (χ4v) is 3.97. The molecule has 138 valence electrons. The highest BCUT2D eigenvalue weighted by Gasteiger charge is 2.51. The van der Waals surface area contributed by atoms with Gasteiger partial charge in [0.1, 0.15) is 0 Å². The van der Waals surface area contributed by atoms with Gasteiger partial charge in [-0.15, -0.1) is 12.4 Å². The van der Waals surface area contributed by atoms with Crippen molar-refractivity contribution in [2.75, 3.05) is 19.6 Å². The lowest BCUT2D eigenvalue weighted by Gasteiger charge is -2.27. The molecular weight excluding hydrogens is 344 g/mol. The smallest absolute Gasteiger partial charge is 0.231 e. The molecule has 4 heteroatoms. The number of benzene rings is 2. The molecule has 26 heavy (non-hydrogen) atoms. The lowest BCUT2D eigenvalue weighted by Crippen LogP contribution is -2.41. The molecule has 2 aromatic carbocycles. The first-order chi connectivity index (χ1) is 12.3. The molecule has 2 fully saturated rings. The zero-order valence-electron chi connectivity index (χ0n) is 15.1. The molecule has 1 saturated carbocycles. The van der Waals surface area contributed by atoms with E-state index in [0.29, 0.717) is 0 Å². The molecule has 0 radical (unpaired) electrons. The number of hydrogen-bond donors (Lipinski definition) is 1. The summed E-state index contributed by atoms with van der Waals surface area (Å²) in [6, 6.07) is 20.7. The second-order valence-electron chi connectivity index (χ2n) is 7.39. The van der Waals surface area contributed by atoms with E-state index >= 15 is 0 Å². The number of halogens is 1. The maximum absolute atomic E-state index is 13.2. The third kappa shape index (κ3) is 3.94. The quantitative estimate of drug-likeness (QED) is 0.830. The van der Waals surface area contributed by atoms with Crippen molar-refractivity contribution in [1.82, 2.24) is 10.2 Å². The minimum atomic E-state index is -0.306. The molecule has 1 saturated heterocycles. The van der Waals surface area contributed by atoms with E-state index in [9.17, 15) is 4.79 Å². The van der Waals surface area contributed by atoms with Crippen LogP contribution < -0.4 is 5.32 Å². The maximum atomic E-state index is 13.2. The summed E-state index contributed by atoms with van der Waals surface area (Å²) >= 11 is 0. The van der Waals surface area contributed by atoms with Crippen LogP contribution in [0.5, 0.6) is 0 Å². The van der Waals surface area contributed by atoms with E-state index in [2.05, 4.69) is 46.6 Å². The highest BCUT2D eigenvalue weighted by molar-refractivity contribution is 5.91. The molecule has 3 nitrogen and oxygen atoms in total. The molecule has 0 unspecified atom stereocenters. The average Bonchev–Trinajstić information content (AvgIpc) is 3.33. The number of amides is 1. The van der Waals surface area contributed by atoms with Crippen LogP contribution in [0.3, 0.4) is 0 Å². The Bertz CT molecular complexity index is 709. The Kier molecular flexibility index (Phi) is 6.00. The number of carbonyl (C=O) groups excluding carboxylic acids is 1. The van der Waals surface area contributed by atoms with Crippen LogP contribution in [-0.2, 0) is 10.2 Å². The Morgan fingerprint density at radius 1 is 0.962 bits per heavy atom. The molecule has 0 spiro atoms. The molecule has 4 rings (SSSR count). The molecule has 1 amide bonds. The van der Waals surface area contributed by atoms with Crippen molar-refractivity contribution in [3.8, 4) is 0 Å². The third-order valence-corrected chi connectivity index (χ3v) is 5.66. The van der Waals surface area contributed by atoms with E-state index in [-0.39, 0.29) is 29.8 Å². The van der Waals surface area contributed by atoms with Crippen molar-refractivity contribution in [2.24, 2.45) is 0 Å². The number of rotatable bonds is 6. The summed E-state index contributed by atoms with van der Waals surface area (Å²) in [6.45, 7) is 3.19. The van der Waals surface area contributed by atoms with E-state index in [0.717, 1.165) is 38.0 Å². The second-order valence-corrected chi connectivity index (χ2v) is 7.39. The van der Waals surface area contributed by atoms with Crippen molar-refractivity contribution < 1.29 is 4.79 Å². The van der Waals surface area contributed by atoms with Gasteiger partial charge in [0, 0.05) is 6.54 Å². The highest BCUT2D eigenvalue weighted by atomic mass is 35.5. The lowest BCUT2D eigenvalue weighted by atomic mass is 9.94. The molecule has 0 aromatic heterocycles. The van der Waals surface area contributed by atoms with Gasteiger partial charge >= 0.3 is 0 Å². The van der Waals surface area contributed by atoms with E-state index in [4.69, 9.17) is 0 Å². The molecule has 1 aliphatic heterocycles. The lowest BCUT2D eigenvalue weighted by molar-refractivity contribution is -0.124. The molecular formula is C22H27ClN2O. The summed E-state index contributed by atoms with van der Waals surface area (Å²) in [5.74, 6) is 0.187. The first kappa shape index (κ1) is 18.9. The van der Waals surface area contributed by atoms with Gasteiger partial charge in [-0.05, 0) is 49.9 Å². The third-order valence-electron chi connectivity index (χ3n) is 5.66. The van der Waals surface area contributed by atoms with Crippen LogP contribution in [0.2, 0.25) is 0 Å². The van der Waals surface area contributed by atoms with Gasteiger partial charge in [-0.25, -0.2) is 0 Å². The minimum absolute atomic E-state index is 0. The van der Waals surface area contributed by atoms with Crippen LogP contribution in [0.4, 0.5) is 0 Å². The van der Waals surface area contributed by atoms with Gasteiger partial charge in [0.05, 0.1) is 11.5 Å². The maximum Gasteiger partial charge on any atom is 0.231 e. The van der Waals surface area contributed by atoms with Gasteiger partial charge in [-0.3, -0.25) is 4.79 Å². The predicted octanol–water partition coefficient (Wildman–Crippen LogP) is 4.09. The zero-order chi connectivity index (χ0) is 17.1. The SMILES string of the molecule is Cl.O=C(N[C@H](CN1CCCC1)c1ccccc1)C1(c2ccccc2)CC1. The van der Waals surface area contributed by atoms with Crippen LogP contribution >= 0.6 is 12.4 Å². The standard InChI is InChI=1S/C22H26N2O.ClH/c25-21(22(13-14-22)19-11-5-2-6-12-19)23-20(17-24-15-7-8-16-24)18-9-3-1-4-10-18;/h1-6,9-12,20H,7-8,13-17H2,(H,23,25);1H/t20-;/m1./s1. The first-order valence-corrected chi connectivity index (χ1v) is 9.42. The van der Waals surface area contributed by atoms with E-state index < -0.39 is 0 Å². The van der Waals surface area contributed by atoms with E-state index in [1.165, 1.54) is 18.4 Å². The minimum Gasteiger partial charge on any atom is -0.347 e. The van der Waals surface area contributed by atoms with Crippen molar-refractivity contribution in [3.05, 3.63) is 71.8 Å². The van der Waals surface area contributed by atoms with Crippen molar-refractivity contribution >= 4 is 18.3 Å². The van der Waals surface area contributed by atoms with Gasteiger partial charge in [-0.2, -0.15) is 0 Å². The summed E-state index contributed by atoms with van der Waals surface area (Å²) in [4.78, 5) is 15.6. The molecule has 0 bridgehead atoms. The van der Waals surface area contributed by atoms with Crippen molar-refractivity contribution in [1.29, 1.82) is 0 Å². The largest absolute Gasteiger partial charge is 0.347 e. The molecule has 1 N–H and O–H groups in total. The van der Waals surface area contributed by atoms with E-state index in [1.807, 2.05) is 24.3 Å². The van der Waals surface area contributed by atoms with Crippen LogP contribution in [-0.4, -0.2) is 30.4 Å². The molecule has 2 aromatic rings. The van der Waals surface area contributed by atoms with Crippen molar-refractivity contribution in [3.63, 3.8) is 0 Å². The summed E-state index contributed by atoms with van der Waals surface area (Å²) in [5, 5.41) is 3.38. The number of nitrogens with zero attached hydrogens (tertiary/aromatic N) is 1. The summed E-state index contributed by atoms with van der Waals surface area (Å²) < 4.78 is 0. The molecule has 1 aliphatic carbocycles. The van der Waals surface area contributed by atoms with Gasteiger partial charge in [0.2, 0.25) is 5.91 Å². The van der Waals surface area contributed by atoms with Crippen LogP contribution in [0.15, 0.2) is 60.7 Å². The van der Waals surface area contributed by atoms with Crippen LogP contribution in [0.25, 0.3) is 0 Å². The Labute approximate surface area is 162 Å².